The number of hydrogen-bond donors (Lipinski definition) is 1. The van der Waals surface area contributed by atoms with Gasteiger partial charge in [0.15, 0.2) is 0 Å². The van der Waals surface area contributed by atoms with Crippen LogP contribution in [0.1, 0.15) is 45.4 Å². The number of halogens is 1. The first-order valence-electron chi connectivity index (χ1n) is 5.23. The van der Waals surface area contributed by atoms with Crippen LogP contribution in [0.15, 0.2) is 0 Å². The van der Waals surface area contributed by atoms with Crippen molar-refractivity contribution in [3.05, 3.63) is 0 Å². The molecule has 0 spiro atoms. The Morgan fingerprint density at radius 1 is 1.29 bits per heavy atom. The zero-order valence-corrected chi connectivity index (χ0v) is 10.1. The predicted octanol–water partition coefficient (Wildman–Crippen LogP) is 2.42. The van der Waals surface area contributed by atoms with Gasteiger partial charge in [0.1, 0.15) is 0 Å². The number of nitrogens with one attached hydrogen (secondary N) is 1. The molecule has 1 aliphatic rings. The Morgan fingerprint density at radius 3 is 2.29 bits per heavy atom. The van der Waals surface area contributed by atoms with Crippen molar-refractivity contribution in [2.24, 2.45) is 5.92 Å². The highest BCUT2D eigenvalue weighted by molar-refractivity contribution is 8.12. The molecule has 0 saturated heterocycles. The molecule has 1 N–H and O–H groups in total. The average Bonchev–Trinajstić information content (AvgIpc) is 2.06. The second-order valence-corrected chi connectivity index (χ2v) is 6.39. The van der Waals surface area contributed by atoms with Crippen LogP contribution in [0, 0.1) is 5.92 Å². The SMILES string of the molecule is CCCC1CCC(NS(=O)(=O)Cl)CC1. The molecular weight excluding hydrogens is 222 g/mol. The summed E-state index contributed by atoms with van der Waals surface area (Å²) in [6, 6.07) is 0.0607. The van der Waals surface area contributed by atoms with Crippen molar-refractivity contribution in [1.29, 1.82) is 0 Å². The third-order valence-corrected chi connectivity index (χ3v) is 3.73. The highest BCUT2D eigenvalue weighted by Crippen LogP contribution is 2.28. The van der Waals surface area contributed by atoms with Crippen molar-refractivity contribution in [3.63, 3.8) is 0 Å². The lowest BCUT2D eigenvalue weighted by molar-refractivity contribution is 0.298. The fourth-order valence-electron chi connectivity index (χ4n) is 2.18. The number of rotatable bonds is 4. The molecule has 84 valence electrons. The van der Waals surface area contributed by atoms with Gasteiger partial charge in [-0.3, -0.25) is 0 Å². The molecule has 0 aliphatic heterocycles. The second kappa shape index (κ2) is 5.33. The van der Waals surface area contributed by atoms with Crippen LogP contribution in [0.2, 0.25) is 0 Å². The molecule has 1 saturated carbocycles. The van der Waals surface area contributed by atoms with Crippen LogP contribution < -0.4 is 4.72 Å². The minimum absolute atomic E-state index is 0.0607. The van der Waals surface area contributed by atoms with Crippen LogP contribution in [0.4, 0.5) is 0 Å². The van der Waals surface area contributed by atoms with Gasteiger partial charge in [0.25, 0.3) is 9.24 Å². The lowest BCUT2D eigenvalue weighted by atomic mass is 9.84. The summed E-state index contributed by atoms with van der Waals surface area (Å²) in [5.41, 5.74) is 0. The third kappa shape index (κ3) is 4.62. The Labute approximate surface area is 90.8 Å². The van der Waals surface area contributed by atoms with E-state index >= 15 is 0 Å². The van der Waals surface area contributed by atoms with Gasteiger partial charge in [0.05, 0.1) is 0 Å². The van der Waals surface area contributed by atoms with Crippen molar-refractivity contribution in [3.8, 4) is 0 Å². The summed E-state index contributed by atoms with van der Waals surface area (Å²) in [5, 5.41) is 0. The van der Waals surface area contributed by atoms with Crippen LogP contribution in [-0.4, -0.2) is 14.5 Å². The topological polar surface area (TPSA) is 46.2 Å². The molecular formula is C9H18ClNO2S. The molecule has 0 aromatic rings. The van der Waals surface area contributed by atoms with Crippen molar-refractivity contribution in [2.45, 2.75) is 51.5 Å². The highest BCUT2D eigenvalue weighted by atomic mass is 35.7. The summed E-state index contributed by atoms with van der Waals surface area (Å²) < 4.78 is 24.0. The van der Waals surface area contributed by atoms with E-state index in [0.717, 1.165) is 31.6 Å². The van der Waals surface area contributed by atoms with Gasteiger partial charge in [-0.2, -0.15) is 13.1 Å². The van der Waals surface area contributed by atoms with E-state index in [1.54, 1.807) is 0 Å². The van der Waals surface area contributed by atoms with Gasteiger partial charge in [0, 0.05) is 16.7 Å². The molecule has 1 rings (SSSR count). The van der Waals surface area contributed by atoms with Gasteiger partial charge in [-0.1, -0.05) is 19.8 Å². The van der Waals surface area contributed by atoms with Crippen molar-refractivity contribution in [2.75, 3.05) is 0 Å². The molecule has 14 heavy (non-hydrogen) atoms. The lowest BCUT2D eigenvalue weighted by Gasteiger charge is -2.27. The van der Waals surface area contributed by atoms with Crippen LogP contribution in [0.25, 0.3) is 0 Å². The predicted molar refractivity (Wildman–Crippen MR) is 58.6 cm³/mol. The van der Waals surface area contributed by atoms with Gasteiger partial charge in [-0.15, -0.1) is 0 Å². The van der Waals surface area contributed by atoms with Crippen LogP contribution in [0.3, 0.4) is 0 Å². The van der Waals surface area contributed by atoms with Crippen LogP contribution in [0.5, 0.6) is 0 Å². The minimum Gasteiger partial charge on any atom is -0.199 e. The molecule has 1 aliphatic carbocycles. The van der Waals surface area contributed by atoms with E-state index in [0.29, 0.717) is 0 Å². The summed E-state index contributed by atoms with van der Waals surface area (Å²) >= 11 is 0. The van der Waals surface area contributed by atoms with E-state index in [1.165, 1.54) is 12.8 Å². The first kappa shape index (κ1) is 12.3. The molecule has 0 amide bonds. The molecule has 0 atom stereocenters. The Morgan fingerprint density at radius 2 is 1.86 bits per heavy atom. The third-order valence-electron chi connectivity index (χ3n) is 2.85. The molecule has 0 unspecified atom stereocenters. The molecule has 0 aromatic carbocycles. The average molecular weight is 240 g/mol. The molecule has 3 nitrogen and oxygen atoms in total. The Balaban J connectivity index is 2.29. The van der Waals surface area contributed by atoms with Gasteiger partial charge >= 0.3 is 0 Å². The van der Waals surface area contributed by atoms with Gasteiger partial charge in [-0.05, 0) is 31.6 Å². The fraction of sp³-hybridized carbons (Fsp3) is 1.00. The Kier molecular flexibility index (Phi) is 4.67. The first-order valence-corrected chi connectivity index (χ1v) is 7.54. The van der Waals surface area contributed by atoms with E-state index in [1.807, 2.05) is 0 Å². The molecule has 0 bridgehead atoms. The standard InChI is InChI=1S/C9H18ClNO2S/c1-2-3-8-4-6-9(7-5-8)11-14(10,12)13/h8-9,11H,2-7H2,1H3. The maximum absolute atomic E-state index is 10.8. The van der Waals surface area contributed by atoms with Crippen molar-refractivity contribution < 1.29 is 8.42 Å². The smallest absolute Gasteiger partial charge is 0.199 e. The fourth-order valence-corrected chi connectivity index (χ4v) is 3.19. The molecule has 0 radical (unpaired) electrons. The Bertz CT molecular complexity index is 258. The largest absolute Gasteiger partial charge is 0.297 e. The summed E-state index contributed by atoms with van der Waals surface area (Å²) in [5.74, 6) is 0.788. The van der Waals surface area contributed by atoms with E-state index in [2.05, 4.69) is 11.6 Å². The molecule has 0 aromatic heterocycles. The van der Waals surface area contributed by atoms with E-state index in [9.17, 15) is 8.42 Å². The second-order valence-electron chi connectivity index (χ2n) is 4.06. The summed E-state index contributed by atoms with van der Waals surface area (Å²) in [7, 11) is 1.59. The first-order chi connectivity index (χ1) is 6.51. The molecule has 5 heteroatoms. The maximum atomic E-state index is 10.8. The number of hydrogen-bond acceptors (Lipinski definition) is 2. The highest BCUT2D eigenvalue weighted by Gasteiger charge is 2.23. The maximum Gasteiger partial charge on any atom is 0.297 e. The quantitative estimate of drug-likeness (QED) is 0.766. The van der Waals surface area contributed by atoms with E-state index in [4.69, 9.17) is 10.7 Å². The minimum atomic E-state index is -3.53. The van der Waals surface area contributed by atoms with Gasteiger partial charge < -0.3 is 0 Å². The molecule has 0 heterocycles. The lowest BCUT2D eigenvalue weighted by Crippen LogP contribution is -2.35. The normalized spacial score (nSPS) is 29.0. The van der Waals surface area contributed by atoms with Crippen LogP contribution >= 0.6 is 10.7 Å². The Hall–Kier alpha value is 0.200. The monoisotopic (exact) mass is 239 g/mol. The van der Waals surface area contributed by atoms with Gasteiger partial charge in [-0.25, -0.2) is 0 Å². The summed E-state index contributed by atoms with van der Waals surface area (Å²) in [6.07, 6.45) is 6.58. The van der Waals surface area contributed by atoms with Crippen molar-refractivity contribution in [1.82, 2.24) is 4.72 Å². The van der Waals surface area contributed by atoms with E-state index < -0.39 is 9.24 Å². The van der Waals surface area contributed by atoms with Crippen molar-refractivity contribution >= 4 is 19.9 Å². The van der Waals surface area contributed by atoms with E-state index in [-0.39, 0.29) is 6.04 Å². The zero-order valence-electron chi connectivity index (χ0n) is 8.50. The zero-order chi connectivity index (χ0) is 10.6. The van der Waals surface area contributed by atoms with Gasteiger partial charge in [0.2, 0.25) is 0 Å². The molecule has 1 fully saturated rings. The van der Waals surface area contributed by atoms with Crippen LogP contribution in [-0.2, 0) is 9.24 Å². The summed E-state index contributed by atoms with van der Waals surface area (Å²) in [4.78, 5) is 0. The summed E-state index contributed by atoms with van der Waals surface area (Å²) in [6.45, 7) is 2.19.